The number of ketones is 1. The number of Topliss-reactive ketones (excluding diaryl/α,β-unsaturated/α-hetero) is 1. The van der Waals surface area contributed by atoms with Crippen LogP contribution >= 0.6 is 23.1 Å². The van der Waals surface area contributed by atoms with E-state index in [1.165, 1.54) is 4.21 Å². The summed E-state index contributed by atoms with van der Waals surface area (Å²) in [4.78, 5) is 20.5. The molecule has 0 amide bonds. The SMILES string of the molecule is CC(=O)c1cccc(-c2ccnc3[nH]cc(Sc4cccs4)c23)c1. The lowest BCUT2D eigenvalue weighted by molar-refractivity contribution is 0.101. The summed E-state index contributed by atoms with van der Waals surface area (Å²) in [6, 6.07) is 13.9. The van der Waals surface area contributed by atoms with E-state index in [0.29, 0.717) is 0 Å². The maximum atomic E-state index is 11.7. The largest absolute Gasteiger partial charge is 0.345 e. The van der Waals surface area contributed by atoms with Crippen molar-refractivity contribution in [3.63, 3.8) is 0 Å². The maximum Gasteiger partial charge on any atom is 0.159 e. The van der Waals surface area contributed by atoms with Crippen molar-refractivity contribution in [3.8, 4) is 11.1 Å². The smallest absolute Gasteiger partial charge is 0.159 e. The minimum atomic E-state index is 0.0735. The van der Waals surface area contributed by atoms with Crippen molar-refractivity contribution in [2.24, 2.45) is 0 Å². The second kappa shape index (κ2) is 6.26. The number of H-pyrrole nitrogens is 1. The second-order valence-electron chi connectivity index (χ2n) is 5.41. The Bertz CT molecular complexity index is 1020. The molecule has 3 aromatic heterocycles. The molecule has 1 N–H and O–H groups in total. The average Bonchev–Trinajstić information content (AvgIpc) is 3.25. The number of hydrogen-bond acceptors (Lipinski definition) is 4. The van der Waals surface area contributed by atoms with Gasteiger partial charge >= 0.3 is 0 Å². The van der Waals surface area contributed by atoms with Crippen molar-refractivity contribution in [2.75, 3.05) is 0 Å². The Morgan fingerprint density at radius 3 is 2.92 bits per heavy atom. The van der Waals surface area contributed by atoms with Gasteiger partial charge < -0.3 is 4.98 Å². The van der Waals surface area contributed by atoms with Crippen LogP contribution < -0.4 is 0 Å². The van der Waals surface area contributed by atoms with Gasteiger partial charge in [-0.25, -0.2) is 4.98 Å². The van der Waals surface area contributed by atoms with Crippen LogP contribution in [0.25, 0.3) is 22.2 Å². The summed E-state index contributed by atoms with van der Waals surface area (Å²) in [5, 5.41) is 3.17. The fraction of sp³-hybridized carbons (Fsp3) is 0.0526. The molecule has 118 valence electrons. The Morgan fingerprint density at radius 2 is 2.12 bits per heavy atom. The van der Waals surface area contributed by atoms with Crippen LogP contribution in [-0.4, -0.2) is 15.8 Å². The van der Waals surface area contributed by atoms with E-state index in [0.717, 1.165) is 32.6 Å². The number of nitrogens with one attached hydrogen (secondary N) is 1. The minimum absolute atomic E-state index is 0.0735. The molecule has 5 heteroatoms. The molecule has 24 heavy (non-hydrogen) atoms. The Labute approximate surface area is 147 Å². The van der Waals surface area contributed by atoms with Gasteiger partial charge in [0.2, 0.25) is 0 Å². The van der Waals surface area contributed by atoms with Crippen molar-refractivity contribution in [3.05, 3.63) is 65.8 Å². The molecule has 4 rings (SSSR count). The number of aromatic amines is 1. The van der Waals surface area contributed by atoms with Crippen molar-refractivity contribution in [1.82, 2.24) is 9.97 Å². The Balaban J connectivity index is 1.88. The molecule has 3 heterocycles. The monoisotopic (exact) mass is 350 g/mol. The first-order valence-corrected chi connectivity index (χ1v) is 9.21. The number of hydrogen-bond donors (Lipinski definition) is 1. The molecule has 1 aromatic carbocycles. The third-order valence-corrected chi connectivity index (χ3v) is 5.90. The summed E-state index contributed by atoms with van der Waals surface area (Å²) in [6.45, 7) is 1.59. The molecular weight excluding hydrogens is 336 g/mol. The van der Waals surface area contributed by atoms with E-state index >= 15 is 0 Å². The van der Waals surface area contributed by atoms with Gasteiger partial charge in [-0.3, -0.25) is 4.79 Å². The highest BCUT2D eigenvalue weighted by Gasteiger charge is 2.13. The van der Waals surface area contributed by atoms with Gasteiger partial charge in [0.05, 0.1) is 4.21 Å². The number of carbonyl (C=O) groups is 1. The first-order chi connectivity index (χ1) is 11.7. The Kier molecular flexibility index (Phi) is 3.96. The van der Waals surface area contributed by atoms with Crippen LogP contribution in [0.1, 0.15) is 17.3 Å². The van der Waals surface area contributed by atoms with Crippen LogP contribution in [0.3, 0.4) is 0 Å². The first kappa shape index (κ1) is 15.2. The molecule has 0 fully saturated rings. The number of nitrogens with zero attached hydrogens (tertiary/aromatic N) is 1. The molecule has 0 aliphatic rings. The lowest BCUT2D eigenvalue weighted by Crippen LogP contribution is -1.92. The van der Waals surface area contributed by atoms with E-state index in [2.05, 4.69) is 27.5 Å². The molecule has 0 bridgehead atoms. The molecule has 0 spiro atoms. The molecule has 0 atom stereocenters. The molecule has 0 aliphatic heterocycles. The normalized spacial score (nSPS) is 11.0. The van der Waals surface area contributed by atoms with Crippen LogP contribution in [0, 0.1) is 0 Å². The average molecular weight is 350 g/mol. The van der Waals surface area contributed by atoms with Crippen molar-refractivity contribution in [2.45, 2.75) is 16.0 Å². The highest BCUT2D eigenvalue weighted by atomic mass is 32.2. The number of rotatable bonds is 4. The predicted octanol–water partition coefficient (Wildman–Crippen LogP) is 5.65. The van der Waals surface area contributed by atoms with Gasteiger partial charge in [0.1, 0.15) is 5.65 Å². The summed E-state index contributed by atoms with van der Waals surface area (Å²) in [5.74, 6) is 0.0735. The van der Waals surface area contributed by atoms with Crippen molar-refractivity contribution < 1.29 is 4.79 Å². The number of aromatic nitrogens is 2. The van der Waals surface area contributed by atoms with Crippen LogP contribution in [0.4, 0.5) is 0 Å². The Morgan fingerprint density at radius 1 is 1.21 bits per heavy atom. The van der Waals surface area contributed by atoms with E-state index in [1.807, 2.05) is 36.5 Å². The zero-order valence-corrected chi connectivity index (χ0v) is 14.6. The van der Waals surface area contributed by atoms with E-state index in [9.17, 15) is 4.79 Å². The van der Waals surface area contributed by atoms with Crippen molar-refractivity contribution >= 4 is 39.9 Å². The summed E-state index contributed by atoms with van der Waals surface area (Å²) >= 11 is 3.45. The van der Waals surface area contributed by atoms with Crippen LogP contribution in [0.15, 0.2) is 69.3 Å². The fourth-order valence-corrected chi connectivity index (χ4v) is 4.55. The van der Waals surface area contributed by atoms with Gasteiger partial charge in [0.25, 0.3) is 0 Å². The van der Waals surface area contributed by atoms with Gasteiger partial charge in [0.15, 0.2) is 5.78 Å². The van der Waals surface area contributed by atoms with Gasteiger partial charge in [-0.2, -0.15) is 0 Å². The highest BCUT2D eigenvalue weighted by molar-refractivity contribution is 8.01. The Hall–Kier alpha value is -2.37. The lowest BCUT2D eigenvalue weighted by atomic mass is 10.0. The van der Waals surface area contributed by atoms with Gasteiger partial charge in [-0.1, -0.05) is 36.0 Å². The minimum Gasteiger partial charge on any atom is -0.345 e. The quantitative estimate of drug-likeness (QED) is 0.484. The summed E-state index contributed by atoms with van der Waals surface area (Å²) in [5.41, 5.74) is 3.70. The second-order valence-corrected chi connectivity index (χ2v) is 7.70. The number of pyridine rings is 1. The third kappa shape index (κ3) is 2.77. The summed E-state index contributed by atoms with van der Waals surface area (Å²) < 4.78 is 1.24. The molecular formula is C19H14N2OS2. The van der Waals surface area contributed by atoms with Gasteiger partial charge in [-0.15, -0.1) is 11.3 Å². The highest BCUT2D eigenvalue weighted by Crippen LogP contribution is 2.39. The third-order valence-electron chi connectivity index (χ3n) is 3.82. The molecule has 0 saturated carbocycles. The van der Waals surface area contributed by atoms with Crippen LogP contribution in [0.5, 0.6) is 0 Å². The molecule has 3 nitrogen and oxygen atoms in total. The number of benzene rings is 1. The van der Waals surface area contributed by atoms with E-state index in [-0.39, 0.29) is 5.78 Å². The predicted molar refractivity (Wildman–Crippen MR) is 100.0 cm³/mol. The first-order valence-electron chi connectivity index (χ1n) is 7.51. The zero-order valence-electron chi connectivity index (χ0n) is 12.9. The van der Waals surface area contributed by atoms with E-state index < -0.39 is 0 Å². The topological polar surface area (TPSA) is 45.8 Å². The fourth-order valence-electron chi connectivity index (χ4n) is 2.68. The molecule has 4 aromatic rings. The van der Waals surface area contributed by atoms with Crippen LogP contribution in [-0.2, 0) is 0 Å². The molecule has 0 radical (unpaired) electrons. The number of fused-ring (bicyclic) bond motifs is 1. The number of thiophene rings is 1. The number of carbonyl (C=O) groups excluding carboxylic acids is 1. The maximum absolute atomic E-state index is 11.7. The van der Waals surface area contributed by atoms with E-state index in [1.54, 1.807) is 36.2 Å². The lowest BCUT2D eigenvalue weighted by Gasteiger charge is -2.07. The van der Waals surface area contributed by atoms with Crippen LogP contribution in [0.2, 0.25) is 0 Å². The standard InChI is InChI=1S/C19H14N2OS2/c1-12(22)13-4-2-5-14(10-13)15-7-8-20-19-18(15)16(11-21-19)24-17-6-3-9-23-17/h2-11H,1H3,(H,20,21). The molecule has 0 aliphatic carbocycles. The molecule has 0 saturated heterocycles. The summed E-state index contributed by atoms with van der Waals surface area (Å²) in [6.07, 6.45) is 3.80. The van der Waals surface area contributed by atoms with Gasteiger partial charge in [-0.05, 0) is 41.6 Å². The molecule has 0 unspecified atom stereocenters. The summed E-state index contributed by atoms with van der Waals surface area (Å²) in [7, 11) is 0. The zero-order chi connectivity index (χ0) is 16.5. The van der Waals surface area contributed by atoms with Crippen molar-refractivity contribution in [1.29, 1.82) is 0 Å². The van der Waals surface area contributed by atoms with E-state index in [4.69, 9.17) is 0 Å². The van der Waals surface area contributed by atoms with Gasteiger partial charge in [0, 0.05) is 28.2 Å².